The molecular formula is C17H22BrNS. The van der Waals surface area contributed by atoms with E-state index < -0.39 is 0 Å². The van der Waals surface area contributed by atoms with Crippen molar-refractivity contribution in [3.63, 3.8) is 0 Å². The normalized spacial score (nSPS) is 12.6. The Morgan fingerprint density at radius 3 is 2.70 bits per heavy atom. The van der Waals surface area contributed by atoms with Gasteiger partial charge < -0.3 is 5.32 Å². The largest absolute Gasteiger partial charge is 0.310 e. The summed E-state index contributed by atoms with van der Waals surface area (Å²) >= 11 is 5.48. The van der Waals surface area contributed by atoms with Crippen LogP contribution < -0.4 is 5.32 Å². The van der Waals surface area contributed by atoms with E-state index in [0.29, 0.717) is 6.04 Å². The van der Waals surface area contributed by atoms with Gasteiger partial charge >= 0.3 is 0 Å². The molecule has 2 aromatic rings. The Labute approximate surface area is 134 Å². The fourth-order valence-corrected chi connectivity index (χ4v) is 3.96. The van der Waals surface area contributed by atoms with E-state index in [1.165, 1.54) is 26.0 Å². The standard InChI is InChI=1S/C17H22BrNS/c1-4-8-19-16(11-17-15(18)7-9-20-17)14-10-12(2)5-6-13(14)3/h5-7,9-10,16,19H,4,8,11H2,1-3H3. The molecule has 0 radical (unpaired) electrons. The quantitative estimate of drug-likeness (QED) is 0.733. The fraction of sp³-hybridized carbons (Fsp3) is 0.412. The van der Waals surface area contributed by atoms with Gasteiger partial charge in [0.1, 0.15) is 0 Å². The van der Waals surface area contributed by atoms with E-state index in [0.717, 1.165) is 19.4 Å². The van der Waals surface area contributed by atoms with Crippen LogP contribution in [0, 0.1) is 13.8 Å². The highest BCUT2D eigenvalue weighted by molar-refractivity contribution is 9.10. The monoisotopic (exact) mass is 351 g/mol. The Bertz CT molecular complexity index is 562. The summed E-state index contributed by atoms with van der Waals surface area (Å²) in [4.78, 5) is 1.42. The Hall–Kier alpha value is -0.640. The zero-order valence-electron chi connectivity index (χ0n) is 12.4. The van der Waals surface area contributed by atoms with Gasteiger partial charge in [0.05, 0.1) is 0 Å². The molecule has 1 atom stereocenters. The molecule has 20 heavy (non-hydrogen) atoms. The van der Waals surface area contributed by atoms with Crippen LogP contribution in [-0.4, -0.2) is 6.54 Å². The minimum absolute atomic E-state index is 0.393. The first-order valence-corrected chi connectivity index (χ1v) is 8.81. The van der Waals surface area contributed by atoms with Crippen LogP contribution >= 0.6 is 27.3 Å². The van der Waals surface area contributed by atoms with Crippen molar-refractivity contribution in [2.45, 2.75) is 39.7 Å². The van der Waals surface area contributed by atoms with Gasteiger partial charge in [-0.1, -0.05) is 30.7 Å². The van der Waals surface area contributed by atoms with Gasteiger partial charge in [0.15, 0.2) is 0 Å². The molecular weight excluding hydrogens is 330 g/mol. The second kappa shape index (κ2) is 7.39. The number of rotatable bonds is 6. The number of hydrogen-bond acceptors (Lipinski definition) is 2. The van der Waals surface area contributed by atoms with Crippen LogP contribution in [0.2, 0.25) is 0 Å². The van der Waals surface area contributed by atoms with Gasteiger partial charge in [0.25, 0.3) is 0 Å². The molecule has 0 fully saturated rings. The Kier molecular flexibility index (Phi) is 5.82. The molecule has 1 unspecified atom stereocenters. The molecule has 3 heteroatoms. The van der Waals surface area contributed by atoms with Crippen LogP contribution in [0.15, 0.2) is 34.1 Å². The van der Waals surface area contributed by atoms with Crippen molar-refractivity contribution in [1.29, 1.82) is 0 Å². The number of nitrogens with one attached hydrogen (secondary N) is 1. The highest BCUT2D eigenvalue weighted by atomic mass is 79.9. The van der Waals surface area contributed by atoms with Crippen molar-refractivity contribution in [2.24, 2.45) is 0 Å². The van der Waals surface area contributed by atoms with Crippen molar-refractivity contribution in [3.8, 4) is 0 Å². The molecule has 0 saturated heterocycles. The predicted octanol–water partition coefficient (Wildman–Crippen LogP) is 5.41. The highest BCUT2D eigenvalue weighted by Crippen LogP contribution is 2.29. The van der Waals surface area contributed by atoms with Crippen LogP contribution in [0.5, 0.6) is 0 Å². The average molecular weight is 352 g/mol. The molecule has 0 aliphatic heterocycles. The van der Waals surface area contributed by atoms with Crippen molar-refractivity contribution in [1.82, 2.24) is 5.32 Å². The van der Waals surface area contributed by atoms with Gasteiger partial charge in [-0.2, -0.15) is 0 Å². The van der Waals surface area contributed by atoms with Gasteiger partial charge in [0.2, 0.25) is 0 Å². The van der Waals surface area contributed by atoms with Gasteiger partial charge in [-0.05, 0) is 65.3 Å². The molecule has 1 aromatic carbocycles. The van der Waals surface area contributed by atoms with Crippen LogP contribution in [0.4, 0.5) is 0 Å². The van der Waals surface area contributed by atoms with Crippen molar-refractivity contribution >= 4 is 27.3 Å². The van der Waals surface area contributed by atoms with E-state index >= 15 is 0 Å². The van der Waals surface area contributed by atoms with Gasteiger partial charge in [-0.15, -0.1) is 11.3 Å². The van der Waals surface area contributed by atoms with Crippen molar-refractivity contribution in [3.05, 3.63) is 55.7 Å². The molecule has 1 nitrogen and oxygen atoms in total. The maximum atomic E-state index is 3.71. The Balaban J connectivity index is 2.27. The van der Waals surface area contributed by atoms with E-state index in [9.17, 15) is 0 Å². The Morgan fingerprint density at radius 1 is 1.25 bits per heavy atom. The summed E-state index contributed by atoms with van der Waals surface area (Å²) in [7, 11) is 0. The summed E-state index contributed by atoms with van der Waals surface area (Å²) in [5.74, 6) is 0. The van der Waals surface area contributed by atoms with E-state index in [2.05, 4.69) is 71.7 Å². The molecule has 2 rings (SSSR count). The molecule has 108 valence electrons. The lowest BCUT2D eigenvalue weighted by molar-refractivity contribution is 0.529. The lowest BCUT2D eigenvalue weighted by atomic mass is 9.96. The van der Waals surface area contributed by atoms with Crippen LogP contribution in [-0.2, 0) is 6.42 Å². The van der Waals surface area contributed by atoms with Crippen molar-refractivity contribution < 1.29 is 0 Å². The SMILES string of the molecule is CCCNC(Cc1sccc1Br)c1cc(C)ccc1C. The first-order chi connectivity index (χ1) is 9.61. The van der Waals surface area contributed by atoms with Crippen molar-refractivity contribution in [2.75, 3.05) is 6.54 Å². The molecule has 0 spiro atoms. The number of hydrogen-bond donors (Lipinski definition) is 1. The third kappa shape index (κ3) is 3.94. The minimum Gasteiger partial charge on any atom is -0.310 e. The first-order valence-electron chi connectivity index (χ1n) is 7.14. The summed E-state index contributed by atoms with van der Waals surface area (Å²) in [5, 5.41) is 5.86. The minimum atomic E-state index is 0.393. The maximum Gasteiger partial charge on any atom is 0.0371 e. The zero-order chi connectivity index (χ0) is 14.5. The zero-order valence-corrected chi connectivity index (χ0v) is 14.8. The summed E-state index contributed by atoms with van der Waals surface area (Å²) in [5.41, 5.74) is 4.13. The smallest absolute Gasteiger partial charge is 0.0371 e. The van der Waals surface area contributed by atoms with E-state index in [1.807, 2.05) is 11.3 Å². The molecule has 0 amide bonds. The molecule has 1 heterocycles. The lowest BCUT2D eigenvalue weighted by Crippen LogP contribution is -2.24. The van der Waals surface area contributed by atoms with Crippen LogP contribution in [0.1, 0.15) is 41.0 Å². The number of thiophene rings is 1. The Morgan fingerprint density at radius 2 is 2.05 bits per heavy atom. The maximum absolute atomic E-state index is 3.71. The number of aryl methyl sites for hydroxylation is 2. The third-order valence-corrected chi connectivity index (χ3v) is 5.48. The third-order valence-electron chi connectivity index (χ3n) is 3.53. The summed E-state index contributed by atoms with van der Waals surface area (Å²) in [6, 6.07) is 9.28. The molecule has 1 N–H and O–H groups in total. The molecule has 0 aliphatic carbocycles. The topological polar surface area (TPSA) is 12.0 Å². The van der Waals surface area contributed by atoms with Crippen LogP contribution in [0.25, 0.3) is 0 Å². The van der Waals surface area contributed by atoms with Crippen LogP contribution in [0.3, 0.4) is 0 Å². The van der Waals surface area contributed by atoms with Gasteiger partial charge in [0, 0.05) is 21.8 Å². The fourth-order valence-electron chi connectivity index (χ4n) is 2.40. The highest BCUT2D eigenvalue weighted by Gasteiger charge is 2.16. The molecule has 0 saturated carbocycles. The summed E-state index contributed by atoms with van der Waals surface area (Å²) in [6.07, 6.45) is 2.20. The lowest BCUT2D eigenvalue weighted by Gasteiger charge is -2.21. The van der Waals surface area contributed by atoms with Gasteiger partial charge in [-0.25, -0.2) is 0 Å². The second-order valence-electron chi connectivity index (χ2n) is 5.26. The molecule has 0 bridgehead atoms. The summed E-state index contributed by atoms with van der Waals surface area (Å²) in [6.45, 7) is 7.65. The first kappa shape index (κ1) is 15.7. The molecule has 1 aromatic heterocycles. The molecule has 0 aliphatic rings. The van der Waals surface area contributed by atoms with E-state index in [1.54, 1.807) is 0 Å². The average Bonchev–Trinajstić information content (AvgIpc) is 2.83. The predicted molar refractivity (Wildman–Crippen MR) is 92.7 cm³/mol. The van der Waals surface area contributed by atoms with Gasteiger partial charge in [-0.3, -0.25) is 0 Å². The van der Waals surface area contributed by atoms with E-state index in [-0.39, 0.29) is 0 Å². The number of benzene rings is 1. The number of halogens is 1. The summed E-state index contributed by atoms with van der Waals surface area (Å²) < 4.78 is 1.23. The van der Waals surface area contributed by atoms with E-state index in [4.69, 9.17) is 0 Å². The second-order valence-corrected chi connectivity index (χ2v) is 7.12.